The molecule has 5 nitrogen and oxygen atoms in total. The van der Waals surface area contributed by atoms with Crippen LogP contribution >= 0.6 is 0 Å². The first-order valence-electron chi connectivity index (χ1n) is 15.1. The Labute approximate surface area is 289 Å². The van der Waals surface area contributed by atoms with E-state index in [9.17, 15) is 4.39 Å². The topological polar surface area (TPSA) is 56.7 Å². The Kier molecular flexibility index (Phi) is 8.71. The van der Waals surface area contributed by atoms with Gasteiger partial charge >= 0.3 is 0 Å². The molecular weight excluding hydrogens is 776 g/mol. The van der Waals surface area contributed by atoms with E-state index in [4.69, 9.17) is 14.4 Å². The zero-order valence-electron chi connectivity index (χ0n) is 25.3. The number of halogens is 1. The van der Waals surface area contributed by atoms with Crippen LogP contribution in [0.5, 0.6) is 0 Å². The summed E-state index contributed by atoms with van der Waals surface area (Å²) in [5, 5.41) is 1.15. The number of pyridine rings is 2. The summed E-state index contributed by atoms with van der Waals surface area (Å²) < 4.78 is 23.1. The van der Waals surface area contributed by atoms with Crippen LogP contribution < -0.4 is 0 Å². The summed E-state index contributed by atoms with van der Waals surface area (Å²) in [6.45, 7) is 0. The van der Waals surface area contributed by atoms with E-state index >= 15 is 0 Å². The van der Waals surface area contributed by atoms with Crippen molar-refractivity contribution >= 4 is 33.1 Å². The number of benzene rings is 5. The summed E-state index contributed by atoms with van der Waals surface area (Å²) in [6, 6.07) is 50.7. The molecule has 0 N–H and O–H groups in total. The van der Waals surface area contributed by atoms with Crippen LogP contribution in [0, 0.1) is 17.9 Å². The Balaban J connectivity index is 0.000000237. The second kappa shape index (κ2) is 13.5. The molecule has 233 valence electrons. The number of hydrogen-bond donors (Lipinski definition) is 0. The van der Waals surface area contributed by atoms with Crippen LogP contribution in [0.2, 0.25) is 0 Å². The standard InChI is InChI=1S/C30H17FN3O.C11H8N.Ir/c31-24-16-15-23(28-27(24)22-13-7-8-14-26(22)35-28)29-33-25-17-20(19-9-3-1-4-10-19)18-32-30(25)34(29)21-11-5-2-6-12-21;1-2-6-10(7-3-1)11-8-4-5-9-12-11;/h1-14,16-18H;1-6,8-9H;/q2*-1;. The van der Waals surface area contributed by atoms with Gasteiger partial charge in [0.05, 0.1) is 16.9 Å². The molecule has 0 atom stereocenters. The van der Waals surface area contributed by atoms with Gasteiger partial charge in [-0.15, -0.1) is 48.0 Å². The number of furan rings is 1. The number of hydrogen-bond acceptors (Lipinski definition) is 4. The molecule has 0 amide bonds. The first-order chi connectivity index (χ1) is 23.2. The quantitative estimate of drug-likeness (QED) is 0.166. The van der Waals surface area contributed by atoms with E-state index in [0.29, 0.717) is 33.6 Å². The zero-order valence-corrected chi connectivity index (χ0v) is 27.7. The van der Waals surface area contributed by atoms with Crippen LogP contribution in [-0.2, 0) is 20.1 Å². The Morgan fingerprint density at radius 1 is 0.708 bits per heavy atom. The molecule has 4 heterocycles. The number of para-hydroxylation sites is 2. The van der Waals surface area contributed by atoms with Crippen molar-refractivity contribution < 1.29 is 28.9 Å². The maximum absolute atomic E-state index is 15.0. The average molecular weight is 801 g/mol. The molecule has 0 fully saturated rings. The SMILES string of the molecule is Fc1c[c-]c(-c2nc3cc(-c4ccccc4)cnc3n2-c2ccccc2)c2oc3ccccc3c12.[Ir].[c-]1ccccc1-c1ccccn1. The van der Waals surface area contributed by atoms with Crippen molar-refractivity contribution in [2.45, 2.75) is 0 Å². The maximum atomic E-state index is 15.0. The van der Waals surface area contributed by atoms with Gasteiger partial charge in [0.15, 0.2) is 5.65 Å². The van der Waals surface area contributed by atoms with Crippen molar-refractivity contribution in [3.63, 3.8) is 0 Å². The van der Waals surface area contributed by atoms with E-state index in [1.807, 2.05) is 144 Å². The van der Waals surface area contributed by atoms with Crippen LogP contribution in [0.25, 0.3) is 72.6 Å². The van der Waals surface area contributed by atoms with Gasteiger partial charge in [-0.1, -0.05) is 84.4 Å². The molecule has 0 spiro atoms. The van der Waals surface area contributed by atoms with Crippen molar-refractivity contribution in [1.82, 2.24) is 19.5 Å². The molecule has 9 rings (SSSR count). The van der Waals surface area contributed by atoms with Crippen molar-refractivity contribution in [2.75, 3.05) is 0 Å². The van der Waals surface area contributed by atoms with Crippen LogP contribution in [-0.4, -0.2) is 19.5 Å². The van der Waals surface area contributed by atoms with Crippen molar-refractivity contribution in [3.8, 4) is 39.5 Å². The monoisotopic (exact) mass is 801 g/mol. The third-order valence-electron chi connectivity index (χ3n) is 7.90. The predicted molar refractivity (Wildman–Crippen MR) is 184 cm³/mol. The van der Waals surface area contributed by atoms with Gasteiger partial charge in [0.1, 0.15) is 5.58 Å². The normalized spacial score (nSPS) is 10.9. The van der Waals surface area contributed by atoms with E-state index in [1.54, 1.807) is 6.20 Å². The van der Waals surface area contributed by atoms with E-state index in [1.165, 1.54) is 6.07 Å². The summed E-state index contributed by atoms with van der Waals surface area (Å²) in [4.78, 5) is 14.0. The molecule has 5 aromatic carbocycles. The molecule has 0 unspecified atom stereocenters. The predicted octanol–water partition coefficient (Wildman–Crippen LogP) is 10.1. The Morgan fingerprint density at radius 3 is 2.23 bits per heavy atom. The van der Waals surface area contributed by atoms with E-state index in [-0.39, 0.29) is 25.9 Å². The summed E-state index contributed by atoms with van der Waals surface area (Å²) in [6.07, 6.45) is 3.64. The van der Waals surface area contributed by atoms with E-state index in [2.05, 4.69) is 17.1 Å². The average Bonchev–Trinajstić information content (AvgIpc) is 3.73. The van der Waals surface area contributed by atoms with Gasteiger partial charge in [-0.05, 0) is 47.0 Å². The molecule has 0 bridgehead atoms. The fourth-order valence-electron chi connectivity index (χ4n) is 5.72. The maximum Gasteiger partial charge on any atom is 0.155 e. The van der Waals surface area contributed by atoms with E-state index in [0.717, 1.165) is 39.0 Å². The van der Waals surface area contributed by atoms with E-state index < -0.39 is 0 Å². The molecular formula is C41H25FIrN4O-2. The van der Waals surface area contributed by atoms with Gasteiger partial charge in [0.2, 0.25) is 0 Å². The molecule has 0 aliphatic carbocycles. The minimum Gasteiger partial charge on any atom is -0.500 e. The zero-order chi connectivity index (χ0) is 31.6. The third-order valence-corrected chi connectivity index (χ3v) is 7.90. The van der Waals surface area contributed by atoms with Gasteiger partial charge in [0.25, 0.3) is 0 Å². The van der Waals surface area contributed by atoms with Gasteiger partial charge in [0, 0.05) is 55.0 Å². The second-order valence-electron chi connectivity index (χ2n) is 10.8. The minimum atomic E-state index is -0.374. The minimum absolute atomic E-state index is 0. The fourth-order valence-corrected chi connectivity index (χ4v) is 5.72. The van der Waals surface area contributed by atoms with Crippen LogP contribution in [0.4, 0.5) is 4.39 Å². The number of rotatable bonds is 4. The van der Waals surface area contributed by atoms with Crippen LogP contribution in [0.15, 0.2) is 156 Å². The Hall–Kier alpha value is -5.75. The molecule has 0 aliphatic heterocycles. The molecule has 0 aliphatic rings. The molecule has 4 aromatic heterocycles. The summed E-state index contributed by atoms with van der Waals surface area (Å²) in [5.74, 6) is 0.216. The number of aromatic nitrogens is 4. The third kappa shape index (κ3) is 5.82. The molecule has 0 saturated carbocycles. The smallest absolute Gasteiger partial charge is 0.155 e. The molecule has 0 saturated heterocycles. The van der Waals surface area contributed by atoms with Crippen molar-refractivity contribution in [2.24, 2.45) is 0 Å². The number of fused-ring (bicyclic) bond motifs is 4. The first kappa shape index (κ1) is 30.9. The second-order valence-corrected chi connectivity index (χ2v) is 10.8. The van der Waals surface area contributed by atoms with Crippen molar-refractivity contribution in [1.29, 1.82) is 0 Å². The molecule has 1 radical (unpaired) electrons. The summed E-state index contributed by atoms with van der Waals surface area (Å²) in [7, 11) is 0. The first-order valence-corrected chi connectivity index (χ1v) is 15.1. The largest absolute Gasteiger partial charge is 0.500 e. The molecule has 9 aromatic rings. The molecule has 7 heteroatoms. The summed E-state index contributed by atoms with van der Waals surface area (Å²) >= 11 is 0. The van der Waals surface area contributed by atoms with Crippen LogP contribution in [0.3, 0.4) is 0 Å². The van der Waals surface area contributed by atoms with Crippen molar-refractivity contribution in [3.05, 3.63) is 170 Å². The van der Waals surface area contributed by atoms with Gasteiger partial charge in [-0.3, -0.25) is 9.37 Å². The summed E-state index contributed by atoms with van der Waals surface area (Å²) in [5.41, 5.74) is 7.99. The Morgan fingerprint density at radius 2 is 1.46 bits per heavy atom. The Bertz CT molecular complexity index is 2430. The number of imidazole rings is 1. The number of nitrogens with zero attached hydrogens (tertiary/aromatic N) is 4. The fraction of sp³-hybridized carbons (Fsp3) is 0. The molecule has 48 heavy (non-hydrogen) atoms. The van der Waals surface area contributed by atoms with Crippen LogP contribution in [0.1, 0.15) is 0 Å². The van der Waals surface area contributed by atoms with Gasteiger partial charge in [-0.2, -0.15) is 0 Å². The van der Waals surface area contributed by atoms with Gasteiger partial charge < -0.3 is 14.0 Å². The van der Waals surface area contributed by atoms with Gasteiger partial charge in [-0.25, -0.2) is 4.98 Å².